The quantitative estimate of drug-likeness (QED) is 0.418. The Balaban J connectivity index is 2.13. The molecule has 0 N–H and O–H groups in total. The molecule has 1 heterocycles. The number of carbonyl (C=O) groups excluding carboxylic acids is 1. The van der Waals surface area contributed by atoms with E-state index in [0.717, 1.165) is 18.6 Å². The van der Waals surface area contributed by atoms with Crippen LogP contribution in [0.5, 0.6) is 0 Å². The van der Waals surface area contributed by atoms with Gasteiger partial charge in [-0.3, -0.25) is 0 Å². The largest absolute Gasteiger partial charge is 0.340 e. The topological polar surface area (TPSA) is 29.5 Å². The van der Waals surface area contributed by atoms with Gasteiger partial charge in [-0.1, -0.05) is 11.8 Å². The standard InChI is InChI=1S/C10H13NO2S2/c1-2-3-4-5-6-9(12)13-11-7-8-15-10(11)14/h1H,3-8H2. The number of thioether (sulfide) groups is 1. The maximum atomic E-state index is 11.3. The summed E-state index contributed by atoms with van der Waals surface area (Å²) in [6, 6.07) is 0. The van der Waals surface area contributed by atoms with Crippen molar-refractivity contribution in [1.29, 1.82) is 0 Å². The third-order valence-electron chi connectivity index (χ3n) is 1.89. The van der Waals surface area contributed by atoms with E-state index in [9.17, 15) is 4.79 Å². The number of hydrogen-bond donors (Lipinski definition) is 0. The average Bonchev–Trinajstić information content (AvgIpc) is 2.59. The molecule has 0 aromatic carbocycles. The van der Waals surface area contributed by atoms with Crippen molar-refractivity contribution in [3.8, 4) is 12.3 Å². The van der Waals surface area contributed by atoms with E-state index in [2.05, 4.69) is 5.92 Å². The Kier molecular flexibility index (Phi) is 5.51. The molecule has 1 fully saturated rings. The van der Waals surface area contributed by atoms with Gasteiger partial charge >= 0.3 is 5.97 Å². The van der Waals surface area contributed by atoms with Crippen molar-refractivity contribution in [3.63, 3.8) is 0 Å². The van der Waals surface area contributed by atoms with E-state index >= 15 is 0 Å². The first-order valence-corrected chi connectivity index (χ1v) is 6.22. The van der Waals surface area contributed by atoms with Gasteiger partial charge < -0.3 is 4.84 Å². The molecule has 0 amide bonds. The van der Waals surface area contributed by atoms with Gasteiger partial charge in [0.25, 0.3) is 0 Å². The number of hydrogen-bond acceptors (Lipinski definition) is 4. The molecule has 5 heteroatoms. The number of terminal acetylenes is 1. The van der Waals surface area contributed by atoms with Crippen molar-refractivity contribution in [2.45, 2.75) is 25.7 Å². The molecule has 0 bridgehead atoms. The van der Waals surface area contributed by atoms with Crippen molar-refractivity contribution in [3.05, 3.63) is 0 Å². The van der Waals surface area contributed by atoms with Gasteiger partial charge in [0.05, 0.1) is 6.54 Å². The number of rotatable bonds is 5. The first kappa shape index (κ1) is 12.3. The van der Waals surface area contributed by atoms with Gasteiger partial charge in [-0.2, -0.15) is 5.06 Å². The summed E-state index contributed by atoms with van der Waals surface area (Å²) in [4.78, 5) is 16.4. The summed E-state index contributed by atoms with van der Waals surface area (Å²) in [6.07, 6.45) is 7.86. The summed E-state index contributed by atoms with van der Waals surface area (Å²) in [7, 11) is 0. The highest BCUT2D eigenvalue weighted by molar-refractivity contribution is 8.23. The normalized spacial score (nSPS) is 15.1. The van der Waals surface area contributed by atoms with Gasteiger partial charge in [0, 0.05) is 18.6 Å². The molecular formula is C10H13NO2S2. The van der Waals surface area contributed by atoms with Gasteiger partial charge in [0.15, 0.2) is 4.32 Å². The molecule has 0 aliphatic carbocycles. The summed E-state index contributed by atoms with van der Waals surface area (Å²) in [5.74, 6) is 3.20. The average molecular weight is 243 g/mol. The SMILES string of the molecule is C#CCCCCC(=O)ON1CCSC1=S. The highest BCUT2D eigenvalue weighted by Crippen LogP contribution is 2.18. The maximum absolute atomic E-state index is 11.3. The second-order valence-electron chi connectivity index (χ2n) is 3.09. The molecule has 0 spiro atoms. The van der Waals surface area contributed by atoms with Crippen LogP contribution in [-0.4, -0.2) is 27.7 Å². The van der Waals surface area contributed by atoms with Gasteiger partial charge in [0.1, 0.15) is 0 Å². The summed E-state index contributed by atoms with van der Waals surface area (Å²) in [5, 5.41) is 1.49. The van der Waals surface area contributed by atoms with Crippen LogP contribution in [0.2, 0.25) is 0 Å². The minimum Gasteiger partial charge on any atom is -0.340 e. The van der Waals surface area contributed by atoms with E-state index in [1.54, 1.807) is 0 Å². The predicted molar refractivity (Wildman–Crippen MR) is 65.2 cm³/mol. The lowest BCUT2D eigenvalue weighted by Crippen LogP contribution is -2.26. The second-order valence-corrected chi connectivity index (χ2v) is 4.82. The van der Waals surface area contributed by atoms with Crippen LogP contribution >= 0.6 is 24.0 Å². The molecule has 3 nitrogen and oxygen atoms in total. The molecule has 0 aromatic heterocycles. The third-order valence-corrected chi connectivity index (χ3v) is 3.28. The Morgan fingerprint density at radius 3 is 3.07 bits per heavy atom. The van der Waals surface area contributed by atoms with Crippen LogP contribution in [0.25, 0.3) is 0 Å². The molecule has 82 valence electrons. The molecular weight excluding hydrogens is 230 g/mol. The molecule has 1 aliphatic heterocycles. The van der Waals surface area contributed by atoms with Gasteiger partial charge in [-0.05, 0) is 25.1 Å². The van der Waals surface area contributed by atoms with E-state index in [4.69, 9.17) is 23.5 Å². The summed E-state index contributed by atoms with van der Waals surface area (Å²) in [5.41, 5.74) is 0. The fourth-order valence-electron chi connectivity index (χ4n) is 1.13. The van der Waals surface area contributed by atoms with Gasteiger partial charge in [-0.25, -0.2) is 4.79 Å². The zero-order chi connectivity index (χ0) is 11.1. The van der Waals surface area contributed by atoms with Crippen molar-refractivity contribution in [1.82, 2.24) is 5.06 Å². The van der Waals surface area contributed by atoms with Crippen molar-refractivity contribution in [2.24, 2.45) is 0 Å². The molecule has 0 radical (unpaired) electrons. The molecule has 1 aliphatic rings. The van der Waals surface area contributed by atoms with E-state index in [0.29, 0.717) is 23.7 Å². The number of carbonyl (C=O) groups is 1. The van der Waals surface area contributed by atoms with Crippen molar-refractivity contribution < 1.29 is 9.63 Å². The van der Waals surface area contributed by atoms with Gasteiger partial charge in [-0.15, -0.1) is 12.3 Å². The Labute approximate surface area is 99.5 Å². The fraction of sp³-hybridized carbons (Fsp3) is 0.600. The minimum absolute atomic E-state index is 0.225. The summed E-state index contributed by atoms with van der Waals surface area (Å²) in [6.45, 7) is 0.694. The lowest BCUT2D eigenvalue weighted by molar-refractivity contribution is -0.170. The monoisotopic (exact) mass is 243 g/mol. The van der Waals surface area contributed by atoms with Gasteiger partial charge in [0.2, 0.25) is 0 Å². The van der Waals surface area contributed by atoms with Crippen molar-refractivity contribution in [2.75, 3.05) is 12.3 Å². The van der Waals surface area contributed by atoms with Crippen LogP contribution in [0.3, 0.4) is 0 Å². The lowest BCUT2D eigenvalue weighted by Gasteiger charge is -2.15. The molecule has 0 saturated carbocycles. The summed E-state index contributed by atoms with van der Waals surface area (Å²) >= 11 is 6.53. The van der Waals surface area contributed by atoms with E-state index in [1.165, 1.54) is 16.8 Å². The van der Waals surface area contributed by atoms with Crippen LogP contribution in [0.15, 0.2) is 0 Å². The van der Waals surface area contributed by atoms with Crippen LogP contribution in [0.4, 0.5) is 0 Å². The predicted octanol–water partition coefficient (Wildman–Crippen LogP) is 1.97. The molecule has 0 aromatic rings. The fourth-order valence-corrected chi connectivity index (χ4v) is 2.21. The zero-order valence-electron chi connectivity index (χ0n) is 8.40. The molecule has 0 unspecified atom stereocenters. The minimum atomic E-state index is -0.225. The van der Waals surface area contributed by atoms with Crippen LogP contribution in [-0.2, 0) is 9.63 Å². The highest BCUT2D eigenvalue weighted by Gasteiger charge is 2.21. The molecule has 1 saturated heterocycles. The Morgan fingerprint density at radius 1 is 1.67 bits per heavy atom. The molecule has 1 rings (SSSR count). The lowest BCUT2D eigenvalue weighted by atomic mass is 10.2. The number of thiocarbonyl (C=S) groups is 1. The van der Waals surface area contributed by atoms with Crippen LogP contribution in [0.1, 0.15) is 25.7 Å². The number of nitrogens with zero attached hydrogens (tertiary/aromatic N) is 1. The van der Waals surface area contributed by atoms with E-state index in [-0.39, 0.29) is 5.97 Å². The Hall–Kier alpha value is -0.730. The Bertz CT molecular complexity index is 286. The first-order chi connectivity index (χ1) is 7.24. The molecule has 0 atom stereocenters. The first-order valence-electron chi connectivity index (χ1n) is 4.82. The summed E-state index contributed by atoms with van der Waals surface area (Å²) < 4.78 is 0.645. The van der Waals surface area contributed by atoms with Crippen LogP contribution in [0, 0.1) is 12.3 Å². The van der Waals surface area contributed by atoms with Crippen molar-refractivity contribution >= 4 is 34.3 Å². The van der Waals surface area contributed by atoms with E-state index < -0.39 is 0 Å². The van der Waals surface area contributed by atoms with Crippen LogP contribution < -0.4 is 0 Å². The number of hydroxylamine groups is 2. The highest BCUT2D eigenvalue weighted by atomic mass is 32.2. The molecule has 15 heavy (non-hydrogen) atoms. The number of unbranched alkanes of at least 4 members (excludes halogenated alkanes) is 2. The van der Waals surface area contributed by atoms with E-state index in [1.807, 2.05) is 0 Å². The second kappa shape index (κ2) is 6.70. The third kappa shape index (κ3) is 4.54. The zero-order valence-corrected chi connectivity index (χ0v) is 10.0. The maximum Gasteiger partial charge on any atom is 0.332 e. The smallest absolute Gasteiger partial charge is 0.332 e. The Morgan fingerprint density at radius 2 is 2.47 bits per heavy atom.